The molecule has 0 aliphatic heterocycles. The Labute approximate surface area is 120 Å². The van der Waals surface area contributed by atoms with Crippen molar-refractivity contribution < 1.29 is 13.2 Å². The average Bonchev–Trinajstić information content (AvgIpc) is 3.22. The number of ether oxygens (including phenoxy) is 1. The van der Waals surface area contributed by atoms with E-state index < -0.39 is 9.84 Å². The molecule has 1 N–H and O–H groups in total. The zero-order valence-electron chi connectivity index (χ0n) is 12.1. The Morgan fingerprint density at radius 3 is 2.80 bits per heavy atom. The first-order valence-corrected chi connectivity index (χ1v) is 8.85. The summed E-state index contributed by atoms with van der Waals surface area (Å²) in [6, 6.07) is 4.35. The van der Waals surface area contributed by atoms with E-state index in [1.54, 1.807) is 6.92 Å². The summed E-state index contributed by atoms with van der Waals surface area (Å²) in [5, 5.41) is 3.40. The van der Waals surface area contributed by atoms with Crippen molar-refractivity contribution in [1.82, 2.24) is 10.3 Å². The molecule has 0 atom stereocenters. The second kappa shape index (κ2) is 6.54. The first kappa shape index (κ1) is 15.3. The van der Waals surface area contributed by atoms with Crippen LogP contribution >= 0.6 is 0 Å². The van der Waals surface area contributed by atoms with Gasteiger partial charge < -0.3 is 10.1 Å². The van der Waals surface area contributed by atoms with Crippen molar-refractivity contribution in [1.29, 1.82) is 0 Å². The van der Waals surface area contributed by atoms with E-state index >= 15 is 0 Å². The van der Waals surface area contributed by atoms with Crippen LogP contribution < -0.4 is 10.1 Å². The summed E-state index contributed by atoms with van der Waals surface area (Å²) in [7, 11) is -2.99. The third kappa shape index (κ3) is 4.76. The van der Waals surface area contributed by atoms with Crippen LogP contribution in [-0.4, -0.2) is 37.6 Å². The predicted molar refractivity (Wildman–Crippen MR) is 78.7 cm³/mol. The minimum absolute atomic E-state index is 0.0485. The Kier molecular flexibility index (Phi) is 4.99. The molecule has 1 heterocycles. The number of aromatic nitrogens is 1. The van der Waals surface area contributed by atoms with E-state index in [0.29, 0.717) is 18.3 Å². The molecule has 0 aromatic carbocycles. The predicted octanol–water partition coefficient (Wildman–Crippen LogP) is 1.46. The molecule has 0 saturated heterocycles. The van der Waals surface area contributed by atoms with Gasteiger partial charge >= 0.3 is 0 Å². The lowest BCUT2D eigenvalue weighted by molar-refractivity contribution is 0.333. The zero-order valence-corrected chi connectivity index (χ0v) is 12.9. The molecule has 6 heteroatoms. The normalized spacial score (nSPS) is 15.3. The zero-order chi connectivity index (χ0) is 14.6. The lowest BCUT2D eigenvalue weighted by Gasteiger charge is -2.12. The molecule has 1 fully saturated rings. The number of hydrogen-bond acceptors (Lipinski definition) is 5. The summed E-state index contributed by atoms with van der Waals surface area (Å²) >= 11 is 0. The highest BCUT2D eigenvalue weighted by molar-refractivity contribution is 7.91. The standard InChI is InChI=1S/C14H22N2O3S/c1-3-20(17,18)9-8-19-14-7-4-11(2)16-13(14)10-15-12-5-6-12/h4,7,12,15H,3,5-6,8-10H2,1-2H3. The Bertz CT molecular complexity index is 554. The van der Waals surface area contributed by atoms with E-state index in [9.17, 15) is 8.42 Å². The highest BCUT2D eigenvalue weighted by Crippen LogP contribution is 2.22. The second-order valence-corrected chi connectivity index (χ2v) is 7.61. The van der Waals surface area contributed by atoms with E-state index in [-0.39, 0.29) is 18.1 Å². The van der Waals surface area contributed by atoms with Gasteiger partial charge in [0.25, 0.3) is 0 Å². The third-order valence-electron chi connectivity index (χ3n) is 3.30. The van der Waals surface area contributed by atoms with Gasteiger partial charge in [0.1, 0.15) is 12.4 Å². The van der Waals surface area contributed by atoms with Crippen molar-refractivity contribution in [3.63, 3.8) is 0 Å². The summed E-state index contributed by atoms with van der Waals surface area (Å²) in [5.41, 5.74) is 1.79. The van der Waals surface area contributed by atoms with Gasteiger partial charge in [0, 0.05) is 24.0 Å². The van der Waals surface area contributed by atoms with Crippen LogP contribution in [0.3, 0.4) is 0 Å². The number of rotatable bonds is 8. The van der Waals surface area contributed by atoms with Crippen LogP contribution in [0.15, 0.2) is 12.1 Å². The van der Waals surface area contributed by atoms with E-state index in [1.807, 2.05) is 19.1 Å². The van der Waals surface area contributed by atoms with Crippen molar-refractivity contribution in [2.45, 2.75) is 39.3 Å². The maximum Gasteiger partial charge on any atom is 0.153 e. The van der Waals surface area contributed by atoms with Crippen LogP contribution in [0.1, 0.15) is 31.2 Å². The first-order chi connectivity index (χ1) is 9.50. The molecule has 0 bridgehead atoms. The van der Waals surface area contributed by atoms with E-state index in [0.717, 1.165) is 11.4 Å². The van der Waals surface area contributed by atoms with Gasteiger partial charge in [-0.25, -0.2) is 8.42 Å². The molecule has 5 nitrogen and oxygen atoms in total. The molecule has 112 valence electrons. The van der Waals surface area contributed by atoms with Crippen molar-refractivity contribution in [3.05, 3.63) is 23.5 Å². The Morgan fingerprint density at radius 2 is 2.15 bits per heavy atom. The maximum absolute atomic E-state index is 11.4. The summed E-state index contributed by atoms with van der Waals surface area (Å²) in [5.74, 6) is 0.876. The molecular formula is C14H22N2O3S. The Morgan fingerprint density at radius 1 is 1.40 bits per heavy atom. The van der Waals surface area contributed by atoms with Crippen LogP contribution in [0.25, 0.3) is 0 Å². The van der Waals surface area contributed by atoms with Crippen molar-refractivity contribution in [2.24, 2.45) is 0 Å². The van der Waals surface area contributed by atoms with Gasteiger partial charge in [0.2, 0.25) is 0 Å². The minimum atomic E-state index is -2.99. The van der Waals surface area contributed by atoms with Gasteiger partial charge in [-0.05, 0) is 31.9 Å². The molecule has 1 aromatic heterocycles. The lowest BCUT2D eigenvalue weighted by atomic mass is 10.3. The van der Waals surface area contributed by atoms with Gasteiger partial charge in [0.15, 0.2) is 9.84 Å². The fraction of sp³-hybridized carbons (Fsp3) is 0.643. The van der Waals surface area contributed by atoms with Gasteiger partial charge in [-0.3, -0.25) is 4.98 Å². The maximum atomic E-state index is 11.4. The number of pyridine rings is 1. The monoisotopic (exact) mass is 298 g/mol. The summed E-state index contributed by atoms with van der Waals surface area (Å²) in [4.78, 5) is 4.47. The number of aryl methyl sites for hydroxylation is 1. The molecule has 1 aliphatic carbocycles. The van der Waals surface area contributed by atoms with Crippen LogP contribution in [0, 0.1) is 6.92 Å². The van der Waals surface area contributed by atoms with Crippen molar-refractivity contribution in [3.8, 4) is 5.75 Å². The van der Waals surface area contributed by atoms with Crippen LogP contribution in [0.2, 0.25) is 0 Å². The van der Waals surface area contributed by atoms with Gasteiger partial charge in [-0.2, -0.15) is 0 Å². The SMILES string of the molecule is CCS(=O)(=O)CCOc1ccc(C)nc1CNC1CC1. The smallest absolute Gasteiger partial charge is 0.153 e. The summed E-state index contributed by atoms with van der Waals surface area (Å²) < 4.78 is 28.5. The quantitative estimate of drug-likeness (QED) is 0.787. The Balaban J connectivity index is 1.94. The van der Waals surface area contributed by atoms with Crippen molar-refractivity contribution >= 4 is 9.84 Å². The van der Waals surface area contributed by atoms with E-state index in [2.05, 4.69) is 10.3 Å². The van der Waals surface area contributed by atoms with Gasteiger partial charge in [-0.15, -0.1) is 0 Å². The van der Waals surface area contributed by atoms with Crippen LogP contribution in [0.4, 0.5) is 0 Å². The fourth-order valence-electron chi connectivity index (χ4n) is 1.81. The van der Waals surface area contributed by atoms with E-state index in [1.165, 1.54) is 12.8 Å². The largest absolute Gasteiger partial charge is 0.491 e. The van der Waals surface area contributed by atoms with Gasteiger partial charge in [0.05, 0.1) is 11.4 Å². The second-order valence-electron chi connectivity index (χ2n) is 5.14. The highest BCUT2D eigenvalue weighted by atomic mass is 32.2. The first-order valence-electron chi connectivity index (χ1n) is 7.03. The molecule has 1 saturated carbocycles. The molecule has 0 spiro atoms. The molecule has 0 radical (unpaired) electrons. The molecule has 1 aliphatic rings. The topological polar surface area (TPSA) is 68.3 Å². The Hall–Kier alpha value is -1.14. The fourth-order valence-corrected chi connectivity index (χ4v) is 2.43. The van der Waals surface area contributed by atoms with Gasteiger partial charge in [-0.1, -0.05) is 6.92 Å². The van der Waals surface area contributed by atoms with Crippen LogP contribution in [0.5, 0.6) is 5.75 Å². The average molecular weight is 298 g/mol. The molecule has 20 heavy (non-hydrogen) atoms. The molecule has 2 rings (SSSR count). The lowest BCUT2D eigenvalue weighted by Crippen LogP contribution is -2.19. The molecule has 1 aromatic rings. The van der Waals surface area contributed by atoms with Crippen LogP contribution in [-0.2, 0) is 16.4 Å². The highest BCUT2D eigenvalue weighted by Gasteiger charge is 2.21. The third-order valence-corrected chi connectivity index (χ3v) is 4.97. The number of nitrogens with zero attached hydrogens (tertiary/aromatic N) is 1. The summed E-state index contributed by atoms with van der Waals surface area (Å²) in [6.07, 6.45) is 2.44. The summed E-state index contributed by atoms with van der Waals surface area (Å²) in [6.45, 7) is 4.43. The number of hydrogen-bond donors (Lipinski definition) is 1. The molecule has 0 unspecified atom stereocenters. The minimum Gasteiger partial charge on any atom is -0.491 e. The molecular weight excluding hydrogens is 276 g/mol. The molecule has 0 amide bonds. The van der Waals surface area contributed by atoms with Crippen molar-refractivity contribution in [2.75, 3.05) is 18.1 Å². The number of nitrogens with one attached hydrogen (secondary N) is 1. The van der Waals surface area contributed by atoms with E-state index in [4.69, 9.17) is 4.74 Å². The number of sulfone groups is 1.